The standard InChI is InChI=1S/C55H44N2/c1-39-20-18-32-51(42-22-8-4-9-23-42)54(39)56(47-27-12-6-13-28-47)49-31-17-16-26-45-37-50(38-46-35-34-44(36-49)41(3)53(45)46)57(48-29-14-7-15-30-48)55-40(2)21-19-33-52(55)43-24-10-5-11-25-43/h4-16,18-38H,3,17H2,1-2H3/b26-16-,44-36?,49-31+. The Bertz CT molecular complexity index is 2890. The Labute approximate surface area is 335 Å². The third-order valence-corrected chi connectivity index (χ3v) is 11.0. The van der Waals surface area contributed by atoms with Crippen molar-refractivity contribution in [3.05, 3.63) is 227 Å². The summed E-state index contributed by atoms with van der Waals surface area (Å²) in [6, 6.07) is 65.3. The first-order valence-electron chi connectivity index (χ1n) is 19.7. The minimum Gasteiger partial charge on any atom is -0.310 e. The molecule has 0 amide bonds. The highest BCUT2D eigenvalue weighted by Gasteiger charge is 2.22. The van der Waals surface area contributed by atoms with Crippen LogP contribution in [0.1, 0.15) is 23.1 Å². The lowest BCUT2D eigenvalue weighted by atomic mass is 9.95. The van der Waals surface area contributed by atoms with Gasteiger partial charge in [0, 0.05) is 33.9 Å². The molecule has 8 aromatic rings. The third-order valence-electron chi connectivity index (χ3n) is 11.0. The van der Waals surface area contributed by atoms with E-state index in [9.17, 15) is 0 Å². The first-order valence-corrected chi connectivity index (χ1v) is 19.7. The summed E-state index contributed by atoms with van der Waals surface area (Å²) < 4.78 is 0. The third kappa shape index (κ3) is 6.88. The summed E-state index contributed by atoms with van der Waals surface area (Å²) >= 11 is 0. The summed E-state index contributed by atoms with van der Waals surface area (Å²) in [6.07, 6.45) is 10.0. The summed E-state index contributed by atoms with van der Waals surface area (Å²) in [7, 11) is 0. The van der Waals surface area contributed by atoms with Gasteiger partial charge in [0.25, 0.3) is 0 Å². The molecule has 0 radical (unpaired) electrons. The Hall–Kier alpha value is -7.16. The average Bonchev–Trinajstić information content (AvgIpc) is 3.25. The van der Waals surface area contributed by atoms with E-state index in [0.717, 1.165) is 50.6 Å². The Morgan fingerprint density at radius 1 is 0.491 bits per heavy atom. The second kappa shape index (κ2) is 15.5. The van der Waals surface area contributed by atoms with Gasteiger partial charge in [-0.3, -0.25) is 0 Å². The zero-order valence-corrected chi connectivity index (χ0v) is 32.4. The minimum absolute atomic E-state index is 0.753. The molecule has 9 rings (SSSR count). The van der Waals surface area contributed by atoms with Crippen LogP contribution in [0.4, 0.5) is 28.4 Å². The predicted molar refractivity (Wildman–Crippen MR) is 245 cm³/mol. The van der Waals surface area contributed by atoms with E-state index in [2.05, 4.69) is 230 Å². The molecular formula is C55H44N2. The molecule has 2 nitrogen and oxygen atoms in total. The lowest BCUT2D eigenvalue weighted by molar-refractivity contribution is 1.18. The fraction of sp³-hybridized carbons (Fsp3) is 0.0545. The van der Waals surface area contributed by atoms with Gasteiger partial charge in [-0.05, 0) is 112 Å². The van der Waals surface area contributed by atoms with Gasteiger partial charge in [0.1, 0.15) is 0 Å². The van der Waals surface area contributed by atoms with Gasteiger partial charge in [0.15, 0.2) is 0 Å². The molecule has 2 bridgehead atoms. The maximum atomic E-state index is 4.79. The summed E-state index contributed by atoms with van der Waals surface area (Å²) in [5, 5.41) is 4.43. The van der Waals surface area contributed by atoms with Gasteiger partial charge in [-0.2, -0.15) is 0 Å². The zero-order valence-electron chi connectivity index (χ0n) is 32.4. The number of para-hydroxylation sites is 4. The van der Waals surface area contributed by atoms with Crippen LogP contribution in [0.15, 0.2) is 200 Å². The summed E-state index contributed by atoms with van der Waals surface area (Å²) in [5.74, 6) is 0. The van der Waals surface area contributed by atoms with E-state index in [0.29, 0.717) is 0 Å². The first kappa shape index (κ1) is 35.5. The van der Waals surface area contributed by atoms with Gasteiger partial charge < -0.3 is 9.80 Å². The second-order valence-electron chi connectivity index (χ2n) is 14.7. The lowest BCUT2D eigenvalue weighted by Gasteiger charge is -2.31. The largest absolute Gasteiger partial charge is 0.310 e. The SMILES string of the molecule is C=c1c2ccc3cc(N(c4ccccc4)c4c(C)cccc4-c4ccccc4)cc(c13)/C=C\C/C=C(/N(c1ccccc1)c1c(C)cccc1-c1ccccc1)C=2. The predicted octanol–water partition coefficient (Wildman–Crippen LogP) is 13.6. The van der Waals surface area contributed by atoms with E-state index in [4.69, 9.17) is 6.58 Å². The number of aryl methyl sites for hydroxylation is 2. The first-order chi connectivity index (χ1) is 28.0. The monoisotopic (exact) mass is 732 g/mol. The summed E-state index contributed by atoms with van der Waals surface area (Å²) in [4.78, 5) is 4.84. The van der Waals surface area contributed by atoms with Crippen LogP contribution in [0.25, 0.3) is 51.8 Å². The highest BCUT2D eigenvalue weighted by molar-refractivity contribution is 5.99. The van der Waals surface area contributed by atoms with Gasteiger partial charge in [-0.15, -0.1) is 0 Å². The Morgan fingerprint density at radius 3 is 1.60 bits per heavy atom. The van der Waals surface area contributed by atoms with Gasteiger partial charge in [0.05, 0.1) is 11.4 Å². The van der Waals surface area contributed by atoms with Crippen molar-refractivity contribution in [1.29, 1.82) is 0 Å². The van der Waals surface area contributed by atoms with E-state index in [1.165, 1.54) is 50.1 Å². The van der Waals surface area contributed by atoms with E-state index in [1.807, 2.05) is 0 Å². The van der Waals surface area contributed by atoms with Crippen molar-refractivity contribution in [2.75, 3.05) is 9.80 Å². The highest BCUT2D eigenvalue weighted by atomic mass is 15.2. The fourth-order valence-electron chi connectivity index (χ4n) is 8.31. The number of rotatable bonds is 8. The number of benzene rings is 8. The molecule has 0 unspecified atom stereocenters. The highest BCUT2D eigenvalue weighted by Crippen LogP contribution is 2.44. The van der Waals surface area contributed by atoms with Crippen LogP contribution in [0.3, 0.4) is 0 Å². The van der Waals surface area contributed by atoms with Crippen molar-refractivity contribution >= 4 is 57.9 Å². The number of fused-ring (bicyclic) bond motifs is 1. The molecule has 274 valence electrons. The topological polar surface area (TPSA) is 6.48 Å². The van der Waals surface area contributed by atoms with Crippen LogP contribution in [0.5, 0.6) is 0 Å². The Balaban J connectivity index is 1.24. The van der Waals surface area contributed by atoms with Crippen LogP contribution in [-0.4, -0.2) is 0 Å². The van der Waals surface area contributed by atoms with Crippen molar-refractivity contribution in [2.24, 2.45) is 0 Å². The van der Waals surface area contributed by atoms with Gasteiger partial charge in [-0.1, -0.05) is 170 Å². The quantitative estimate of drug-likeness (QED) is 0.153. The summed E-state index contributed by atoms with van der Waals surface area (Å²) in [5.41, 5.74) is 15.1. The van der Waals surface area contributed by atoms with Crippen molar-refractivity contribution in [1.82, 2.24) is 0 Å². The molecule has 0 spiro atoms. The molecule has 8 aromatic carbocycles. The normalized spacial score (nSPS) is 13.7. The van der Waals surface area contributed by atoms with Crippen LogP contribution in [0, 0.1) is 13.8 Å². The van der Waals surface area contributed by atoms with E-state index >= 15 is 0 Å². The van der Waals surface area contributed by atoms with E-state index in [1.54, 1.807) is 0 Å². The molecular weight excluding hydrogens is 689 g/mol. The van der Waals surface area contributed by atoms with Crippen LogP contribution in [0.2, 0.25) is 0 Å². The number of allylic oxidation sites excluding steroid dienone is 3. The maximum absolute atomic E-state index is 4.79. The van der Waals surface area contributed by atoms with Crippen LogP contribution in [-0.2, 0) is 0 Å². The molecule has 0 aliphatic heterocycles. The maximum Gasteiger partial charge on any atom is 0.0569 e. The Kier molecular flexibility index (Phi) is 9.68. The Morgan fingerprint density at radius 2 is 1.02 bits per heavy atom. The molecule has 0 atom stereocenters. The molecule has 0 fully saturated rings. The number of nitrogens with zero attached hydrogens (tertiary/aromatic N) is 2. The molecule has 0 saturated heterocycles. The molecule has 57 heavy (non-hydrogen) atoms. The van der Waals surface area contributed by atoms with Gasteiger partial charge in [0.2, 0.25) is 0 Å². The zero-order chi connectivity index (χ0) is 38.7. The van der Waals surface area contributed by atoms with Gasteiger partial charge in [-0.25, -0.2) is 0 Å². The molecule has 1 aliphatic rings. The molecule has 2 heteroatoms. The number of hydrogen-bond donors (Lipinski definition) is 0. The van der Waals surface area contributed by atoms with Crippen LogP contribution < -0.4 is 20.2 Å². The summed E-state index contributed by atoms with van der Waals surface area (Å²) in [6.45, 7) is 9.21. The fourth-order valence-corrected chi connectivity index (χ4v) is 8.31. The molecule has 0 N–H and O–H groups in total. The van der Waals surface area contributed by atoms with Crippen LogP contribution >= 0.6 is 0 Å². The van der Waals surface area contributed by atoms with Gasteiger partial charge >= 0.3 is 0 Å². The van der Waals surface area contributed by atoms with Crippen molar-refractivity contribution in [3.63, 3.8) is 0 Å². The van der Waals surface area contributed by atoms with Crippen molar-refractivity contribution in [3.8, 4) is 22.3 Å². The smallest absolute Gasteiger partial charge is 0.0569 e. The van der Waals surface area contributed by atoms with Crippen molar-refractivity contribution in [2.45, 2.75) is 20.3 Å². The molecule has 1 aliphatic carbocycles. The molecule has 0 saturated carbocycles. The van der Waals surface area contributed by atoms with E-state index in [-0.39, 0.29) is 0 Å². The van der Waals surface area contributed by atoms with E-state index < -0.39 is 0 Å². The molecule has 0 aromatic heterocycles. The number of anilines is 5. The number of hydrogen-bond acceptors (Lipinski definition) is 2. The molecule has 0 heterocycles. The lowest BCUT2D eigenvalue weighted by Crippen LogP contribution is -2.27. The van der Waals surface area contributed by atoms with Crippen molar-refractivity contribution < 1.29 is 0 Å². The minimum atomic E-state index is 0.753. The average molecular weight is 733 g/mol. The second-order valence-corrected chi connectivity index (χ2v) is 14.7.